The Kier molecular flexibility index (Phi) is 4.63. The van der Waals surface area contributed by atoms with E-state index in [9.17, 15) is 15.3 Å². The van der Waals surface area contributed by atoms with Gasteiger partial charge in [-0.15, -0.1) is 0 Å². The van der Waals surface area contributed by atoms with Gasteiger partial charge in [0.2, 0.25) is 0 Å². The van der Waals surface area contributed by atoms with Crippen LogP contribution in [0.1, 0.15) is 33.7 Å². The number of rotatable bonds is 3. The van der Waals surface area contributed by atoms with E-state index in [-0.39, 0.29) is 18.1 Å². The summed E-state index contributed by atoms with van der Waals surface area (Å²) in [6.45, 7) is 3.79. The van der Waals surface area contributed by atoms with E-state index in [1.54, 1.807) is 44.4 Å². The van der Waals surface area contributed by atoms with E-state index in [1.165, 1.54) is 0 Å². The first kappa shape index (κ1) is 19.2. The van der Waals surface area contributed by atoms with Crippen LogP contribution in [0.2, 0.25) is 0 Å². The molecule has 0 aliphatic carbocycles. The standard InChI is InChI=1S/C24H24O5/c1-14-4-5-16(12-22(14)26)20-13-29-23-15(2)21(25)11-10-19(23)24(20,27)17-6-8-18(28-3)9-7-17/h4-12,20,25-27H,13H2,1-3H3. The molecule has 0 saturated heterocycles. The zero-order valence-corrected chi connectivity index (χ0v) is 16.6. The Bertz CT molecular complexity index is 1060. The summed E-state index contributed by atoms with van der Waals surface area (Å²) in [5, 5.41) is 32.5. The quantitative estimate of drug-likeness (QED) is 0.624. The van der Waals surface area contributed by atoms with Crippen molar-refractivity contribution in [2.45, 2.75) is 25.4 Å². The number of aliphatic hydroxyl groups is 1. The van der Waals surface area contributed by atoms with Crippen molar-refractivity contribution in [1.29, 1.82) is 0 Å². The molecule has 29 heavy (non-hydrogen) atoms. The van der Waals surface area contributed by atoms with Gasteiger partial charge < -0.3 is 24.8 Å². The van der Waals surface area contributed by atoms with Crippen LogP contribution in [0.3, 0.4) is 0 Å². The molecule has 3 aromatic rings. The second-order valence-electron chi connectivity index (χ2n) is 7.49. The molecule has 5 nitrogen and oxygen atoms in total. The van der Waals surface area contributed by atoms with E-state index in [2.05, 4.69) is 0 Å². The zero-order chi connectivity index (χ0) is 20.8. The molecule has 0 saturated carbocycles. The molecule has 3 N–H and O–H groups in total. The van der Waals surface area contributed by atoms with Gasteiger partial charge in [0.1, 0.15) is 28.6 Å². The van der Waals surface area contributed by atoms with E-state index in [0.29, 0.717) is 28.2 Å². The summed E-state index contributed by atoms with van der Waals surface area (Å²) in [5.41, 5.74) is 1.95. The molecule has 0 fully saturated rings. The number of aryl methyl sites for hydroxylation is 1. The largest absolute Gasteiger partial charge is 0.508 e. The molecule has 1 aliphatic heterocycles. The molecule has 5 heteroatoms. The Morgan fingerprint density at radius 1 is 0.966 bits per heavy atom. The molecule has 2 atom stereocenters. The van der Waals surface area contributed by atoms with E-state index < -0.39 is 11.5 Å². The van der Waals surface area contributed by atoms with Crippen LogP contribution in [0.15, 0.2) is 54.6 Å². The fraction of sp³-hybridized carbons (Fsp3) is 0.250. The monoisotopic (exact) mass is 392 g/mol. The third-order valence-corrected chi connectivity index (χ3v) is 5.85. The number of hydrogen-bond acceptors (Lipinski definition) is 5. The number of phenolic OH excluding ortho intramolecular Hbond substituents is 2. The predicted molar refractivity (Wildman–Crippen MR) is 110 cm³/mol. The van der Waals surface area contributed by atoms with Crippen molar-refractivity contribution < 1.29 is 24.8 Å². The van der Waals surface area contributed by atoms with Crippen molar-refractivity contribution in [3.8, 4) is 23.0 Å². The number of hydrogen-bond donors (Lipinski definition) is 3. The molecule has 1 aliphatic rings. The molecule has 0 bridgehead atoms. The third-order valence-electron chi connectivity index (χ3n) is 5.85. The van der Waals surface area contributed by atoms with Gasteiger partial charge in [0.15, 0.2) is 0 Å². The van der Waals surface area contributed by atoms with Crippen LogP contribution in [-0.2, 0) is 5.60 Å². The van der Waals surface area contributed by atoms with Crippen LogP contribution >= 0.6 is 0 Å². The van der Waals surface area contributed by atoms with Crippen LogP contribution in [0.25, 0.3) is 0 Å². The number of methoxy groups -OCH3 is 1. The smallest absolute Gasteiger partial charge is 0.132 e. The Hall–Kier alpha value is -3.18. The van der Waals surface area contributed by atoms with Crippen molar-refractivity contribution in [2.75, 3.05) is 13.7 Å². The minimum atomic E-state index is -1.42. The van der Waals surface area contributed by atoms with Gasteiger partial charge in [0, 0.05) is 11.1 Å². The lowest BCUT2D eigenvalue weighted by Gasteiger charge is -2.42. The summed E-state index contributed by atoms with van der Waals surface area (Å²) >= 11 is 0. The van der Waals surface area contributed by atoms with Crippen molar-refractivity contribution in [3.05, 3.63) is 82.4 Å². The minimum absolute atomic E-state index is 0.118. The molecule has 0 aromatic heterocycles. The highest BCUT2D eigenvalue weighted by Gasteiger charge is 2.47. The molecule has 4 rings (SSSR count). The Balaban J connectivity index is 1.95. The van der Waals surface area contributed by atoms with Crippen molar-refractivity contribution in [2.24, 2.45) is 0 Å². The summed E-state index contributed by atoms with van der Waals surface area (Å²) in [6, 6.07) is 15.9. The lowest BCUT2D eigenvalue weighted by atomic mass is 9.71. The van der Waals surface area contributed by atoms with Gasteiger partial charge >= 0.3 is 0 Å². The Morgan fingerprint density at radius 2 is 1.69 bits per heavy atom. The van der Waals surface area contributed by atoms with E-state index in [1.807, 2.05) is 31.2 Å². The average molecular weight is 392 g/mol. The molecule has 1 heterocycles. The number of ether oxygens (including phenoxy) is 2. The molecular weight excluding hydrogens is 368 g/mol. The zero-order valence-electron chi connectivity index (χ0n) is 16.6. The van der Waals surface area contributed by atoms with Crippen LogP contribution in [0, 0.1) is 13.8 Å². The minimum Gasteiger partial charge on any atom is -0.508 e. The fourth-order valence-electron chi connectivity index (χ4n) is 4.02. The number of aromatic hydroxyl groups is 2. The van der Waals surface area contributed by atoms with E-state index in [4.69, 9.17) is 9.47 Å². The second kappa shape index (κ2) is 7.01. The SMILES string of the molecule is COc1ccc(C2(O)c3ccc(O)c(C)c3OCC2c2ccc(C)c(O)c2)cc1. The van der Waals surface area contributed by atoms with Gasteiger partial charge in [0.25, 0.3) is 0 Å². The van der Waals surface area contributed by atoms with E-state index >= 15 is 0 Å². The molecule has 0 spiro atoms. The van der Waals surface area contributed by atoms with Crippen molar-refractivity contribution in [3.63, 3.8) is 0 Å². The van der Waals surface area contributed by atoms with Gasteiger partial charge in [-0.3, -0.25) is 0 Å². The molecule has 0 radical (unpaired) electrons. The first-order valence-electron chi connectivity index (χ1n) is 9.48. The maximum Gasteiger partial charge on any atom is 0.132 e. The van der Waals surface area contributed by atoms with E-state index in [0.717, 1.165) is 11.1 Å². The molecule has 150 valence electrons. The second-order valence-corrected chi connectivity index (χ2v) is 7.49. The predicted octanol–water partition coefficient (Wildman–Crippen LogP) is 4.14. The third kappa shape index (κ3) is 2.98. The number of fused-ring (bicyclic) bond motifs is 1. The first-order chi connectivity index (χ1) is 13.9. The lowest BCUT2D eigenvalue weighted by Crippen LogP contribution is -2.42. The molecule has 2 unspecified atom stereocenters. The normalized spacial score (nSPS) is 20.6. The maximum atomic E-state index is 12.2. The first-order valence-corrected chi connectivity index (χ1v) is 9.48. The number of benzene rings is 3. The molecular formula is C24H24O5. The summed E-state index contributed by atoms with van der Waals surface area (Å²) in [7, 11) is 1.59. The Labute approximate surface area is 169 Å². The van der Waals surface area contributed by atoms with Crippen molar-refractivity contribution in [1.82, 2.24) is 0 Å². The molecule has 3 aromatic carbocycles. The average Bonchev–Trinajstić information content (AvgIpc) is 2.73. The van der Waals surface area contributed by atoms with Gasteiger partial charge in [-0.2, -0.15) is 0 Å². The highest BCUT2D eigenvalue weighted by molar-refractivity contribution is 5.57. The number of phenols is 2. The topological polar surface area (TPSA) is 79.2 Å². The highest BCUT2D eigenvalue weighted by Crippen LogP contribution is 2.51. The summed E-state index contributed by atoms with van der Waals surface area (Å²) in [5.74, 6) is 1.00. The Morgan fingerprint density at radius 3 is 2.34 bits per heavy atom. The van der Waals surface area contributed by atoms with Crippen LogP contribution in [-0.4, -0.2) is 29.0 Å². The summed E-state index contributed by atoms with van der Waals surface area (Å²) in [6.07, 6.45) is 0. The van der Waals surface area contributed by atoms with Gasteiger partial charge in [0.05, 0.1) is 19.6 Å². The summed E-state index contributed by atoms with van der Waals surface area (Å²) in [4.78, 5) is 0. The fourth-order valence-corrected chi connectivity index (χ4v) is 4.02. The van der Waals surface area contributed by atoms with Crippen LogP contribution < -0.4 is 9.47 Å². The highest BCUT2D eigenvalue weighted by atomic mass is 16.5. The van der Waals surface area contributed by atoms with Crippen LogP contribution in [0.5, 0.6) is 23.0 Å². The van der Waals surface area contributed by atoms with Gasteiger partial charge in [-0.25, -0.2) is 0 Å². The summed E-state index contributed by atoms with van der Waals surface area (Å²) < 4.78 is 11.3. The van der Waals surface area contributed by atoms with Gasteiger partial charge in [-0.1, -0.05) is 24.3 Å². The van der Waals surface area contributed by atoms with Crippen LogP contribution in [0.4, 0.5) is 0 Å². The van der Waals surface area contributed by atoms with Gasteiger partial charge in [-0.05, 0) is 60.9 Å². The molecule has 0 amide bonds. The van der Waals surface area contributed by atoms with Crippen molar-refractivity contribution >= 4 is 0 Å². The lowest BCUT2D eigenvalue weighted by molar-refractivity contribution is 0.0101. The maximum absolute atomic E-state index is 12.2.